The number of carbonyl (C=O) groups is 1. The van der Waals surface area contributed by atoms with Crippen LogP contribution >= 0.6 is 0 Å². The van der Waals surface area contributed by atoms with Gasteiger partial charge in [-0.15, -0.1) is 0 Å². The SMILES string of the molecule is Cc1cc(CC(=O)c2ccccc2)ccc1C1CC1NCC1CC1. The molecule has 4 rings (SSSR count). The first-order valence-electron chi connectivity index (χ1n) is 9.12. The number of carbonyl (C=O) groups excluding carboxylic acids is 1. The molecule has 0 aromatic heterocycles. The van der Waals surface area contributed by atoms with Crippen molar-refractivity contribution in [2.45, 2.75) is 44.6 Å². The number of aryl methyl sites for hydroxylation is 1. The maximum absolute atomic E-state index is 12.4. The van der Waals surface area contributed by atoms with Gasteiger partial charge in [-0.1, -0.05) is 48.5 Å². The van der Waals surface area contributed by atoms with Crippen LogP contribution in [0.1, 0.15) is 52.2 Å². The Balaban J connectivity index is 1.38. The molecule has 0 amide bonds. The molecule has 0 heterocycles. The lowest BCUT2D eigenvalue weighted by Gasteiger charge is -2.09. The molecule has 2 nitrogen and oxygen atoms in total. The maximum Gasteiger partial charge on any atom is 0.167 e. The van der Waals surface area contributed by atoms with Crippen molar-refractivity contribution in [3.63, 3.8) is 0 Å². The normalized spacial score (nSPS) is 22.4. The van der Waals surface area contributed by atoms with E-state index in [1.807, 2.05) is 30.3 Å². The van der Waals surface area contributed by atoms with Gasteiger partial charge in [0.2, 0.25) is 0 Å². The van der Waals surface area contributed by atoms with Crippen molar-refractivity contribution in [3.8, 4) is 0 Å². The predicted molar refractivity (Wildman–Crippen MR) is 97.5 cm³/mol. The first-order chi connectivity index (χ1) is 11.7. The topological polar surface area (TPSA) is 29.1 Å². The Morgan fingerprint density at radius 1 is 1.12 bits per heavy atom. The summed E-state index contributed by atoms with van der Waals surface area (Å²) < 4.78 is 0. The summed E-state index contributed by atoms with van der Waals surface area (Å²) >= 11 is 0. The maximum atomic E-state index is 12.4. The number of benzene rings is 2. The Kier molecular flexibility index (Phi) is 4.24. The summed E-state index contributed by atoms with van der Waals surface area (Å²) in [5, 5.41) is 3.71. The Morgan fingerprint density at radius 3 is 2.62 bits per heavy atom. The second-order valence-electron chi connectivity index (χ2n) is 7.46. The van der Waals surface area contributed by atoms with Crippen molar-refractivity contribution < 1.29 is 4.79 Å². The molecule has 24 heavy (non-hydrogen) atoms. The number of ketones is 1. The van der Waals surface area contributed by atoms with E-state index in [9.17, 15) is 4.79 Å². The van der Waals surface area contributed by atoms with Gasteiger partial charge in [0.25, 0.3) is 0 Å². The Hall–Kier alpha value is -1.93. The lowest BCUT2D eigenvalue weighted by atomic mass is 9.97. The number of hydrogen-bond donors (Lipinski definition) is 1. The average molecular weight is 319 g/mol. The van der Waals surface area contributed by atoms with E-state index in [0.29, 0.717) is 18.4 Å². The van der Waals surface area contributed by atoms with Gasteiger partial charge in [-0.2, -0.15) is 0 Å². The fourth-order valence-corrected chi connectivity index (χ4v) is 3.58. The number of Topliss-reactive ketones (excluding diaryl/α,β-unsaturated/α-hetero) is 1. The molecule has 2 aliphatic carbocycles. The van der Waals surface area contributed by atoms with E-state index in [-0.39, 0.29) is 5.78 Å². The zero-order chi connectivity index (χ0) is 16.5. The van der Waals surface area contributed by atoms with Gasteiger partial charge in [0.1, 0.15) is 0 Å². The third-order valence-electron chi connectivity index (χ3n) is 5.35. The summed E-state index contributed by atoms with van der Waals surface area (Å²) in [6.45, 7) is 3.38. The molecule has 2 saturated carbocycles. The van der Waals surface area contributed by atoms with Crippen LogP contribution in [0.2, 0.25) is 0 Å². The predicted octanol–water partition coefficient (Wildman–Crippen LogP) is 4.28. The first-order valence-corrected chi connectivity index (χ1v) is 9.12. The van der Waals surface area contributed by atoms with Crippen LogP contribution < -0.4 is 5.32 Å². The molecule has 0 bridgehead atoms. The van der Waals surface area contributed by atoms with Gasteiger partial charge in [-0.3, -0.25) is 4.79 Å². The van der Waals surface area contributed by atoms with Gasteiger partial charge in [-0.25, -0.2) is 0 Å². The van der Waals surface area contributed by atoms with E-state index in [1.165, 1.54) is 36.9 Å². The molecule has 2 unspecified atom stereocenters. The van der Waals surface area contributed by atoms with Crippen LogP contribution in [0.5, 0.6) is 0 Å². The Morgan fingerprint density at radius 2 is 1.92 bits per heavy atom. The van der Waals surface area contributed by atoms with Gasteiger partial charge in [0.15, 0.2) is 5.78 Å². The molecular formula is C22H25NO. The van der Waals surface area contributed by atoms with Crippen molar-refractivity contribution in [3.05, 3.63) is 70.8 Å². The Bertz CT molecular complexity index is 733. The van der Waals surface area contributed by atoms with E-state index in [2.05, 4.69) is 30.4 Å². The molecule has 0 spiro atoms. The minimum Gasteiger partial charge on any atom is -0.313 e. The van der Waals surface area contributed by atoms with Crippen molar-refractivity contribution >= 4 is 5.78 Å². The van der Waals surface area contributed by atoms with Crippen molar-refractivity contribution in [2.75, 3.05) is 6.54 Å². The first kappa shape index (κ1) is 15.6. The highest BCUT2D eigenvalue weighted by Crippen LogP contribution is 2.43. The van der Waals surface area contributed by atoms with E-state index >= 15 is 0 Å². The van der Waals surface area contributed by atoms with Crippen LogP contribution in [-0.2, 0) is 6.42 Å². The van der Waals surface area contributed by atoms with Crippen LogP contribution in [0.3, 0.4) is 0 Å². The van der Waals surface area contributed by atoms with Crippen molar-refractivity contribution in [1.82, 2.24) is 5.32 Å². The second-order valence-corrected chi connectivity index (χ2v) is 7.46. The highest BCUT2D eigenvalue weighted by molar-refractivity contribution is 5.97. The third-order valence-corrected chi connectivity index (χ3v) is 5.35. The lowest BCUT2D eigenvalue weighted by Crippen LogP contribution is -2.20. The van der Waals surface area contributed by atoms with Gasteiger partial charge in [0, 0.05) is 23.9 Å². The van der Waals surface area contributed by atoms with Crippen LogP contribution in [0, 0.1) is 12.8 Å². The van der Waals surface area contributed by atoms with E-state index in [0.717, 1.165) is 17.0 Å². The quantitative estimate of drug-likeness (QED) is 0.772. The Labute approximate surface area is 144 Å². The summed E-state index contributed by atoms with van der Waals surface area (Å²) in [5.41, 5.74) is 4.70. The average Bonchev–Trinajstić information content (AvgIpc) is 3.49. The molecule has 2 aliphatic rings. The fourth-order valence-electron chi connectivity index (χ4n) is 3.58. The van der Waals surface area contributed by atoms with E-state index < -0.39 is 0 Å². The second kappa shape index (κ2) is 6.52. The molecule has 1 N–H and O–H groups in total. The van der Waals surface area contributed by atoms with Gasteiger partial charge >= 0.3 is 0 Å². The summed E-state index contributed by atoms with van der Waals surface area (Å²) in [6.07, 6.45) is 4.57. The zero-order valence-corrected chi connectivity index (χ0v) is 14.3. The highest BCUT2D eigenvalue weighted by Gasteiger charge is 2.39. The highest BCUT2D eigenvalue weighted by atomic mass is 16.1. The molecule has 124 valence electrons. The van der Waals surface area contributed by atoms with E-state index in [1.54, 1.807) is 0 Å². The summed E-state index contributed by atoms with van der Waals surface area (Å²) in [5.74, 6) is 1.81. The number of rotatable bonds is 7. The summed E-state index contributed by atoms with van der Waals surface area (Å²) in [4.78, 5) is 12.4. The van der Waals surface area contributed by atoms with Gasteiger partial charge in [-0.05, 0) is 55.3 Å². The van der Waals surface area contributed by atoms with Crippen LogP contribution in [0.25, 0.3) is 0 Å². The van der Waals surface area contributed by atoms with Gasteiger partial charge in [0.05, 0.1) is 0 Å². The molecule has 2 aromatic carbocycles. The molecule has 2 aromatic rings. The molecule has 2 heteroatoms. The van der Waals surface area contributed by atoms with Gasteiger partial charge < -0.3 is 5.32 Å². The lowest BCUT2D eigenvalue weighted by molar-refractivity contribution is 0.0993. The molecule has 0 saturated heterocycles. The van der Waals surface area contributed by atoms with Crippen LogP contribution in [0.4, 0.5) is 0 Å². The molecule has 0 aliphatic heterocycles. The molecule has 2 fully saturated rings. The fraction of sp³-hybridized carbons (Fsp3) is 0.409. The number of nitrogens with one attached hydrogen (secondary N) is 1. The standard InChI is InChI=1S/C22H25NO/c1-15-11-17(12-22(24)18-5-3-2-4-6-18)9-10-19(15)20-13-21(20)23-14-16-7-8-16/h2-6,9-11,16,20-21,23H,7-8,12-14H2,1H3. The van der Waals surface area contributed by atoms with Crippen molar-refractivity contribution in [1.29, 1.82) is 0 Å². The molecular weight excluding hydrogens is 294 g/mol. The van der Waals surface area contributed by atoms with Crippen molar-refractivity contribution in [2.24, 2.45) is 5.92 Å². The third kappa shape index (κ3) is 3.59. The summed E-state index contributed by atoms with van der Waals surface area (Å²) in [7, 11) is 0. The molecule has 0 radical (unpaired) electrons. The molecule has 2 atom stereocenters. The number of hydrogen-bond acceptors (Lipinski definition) is 2. The summed E-state index contributed by atoms with van der Waals surface area (Å²) in [6, 6.07) is 16.8. The smallest absolute Gasteiger partial charge is 0.167 e. The zero-order valence-electron chi connectivity index (χ0n) is 14.3. The monoisotopic (exact) mass is 319 g/mol. The van der Waals surface area contributed by atoms with Crippen LogP contribution in [0.15, 0.2) is 48.5 Å². The largest absolute Gasteiger partial charge is 0.313 e. The van der Waals surface area contributed by atoms with E-state index in [4.69, 9.17) is 0 Å². The minimum atomic E-state index is 0.193. The van der Waals surface area contributed by atoms with Crippen LogP contribution in [-0.4, -0.2) is 18.4 Å². The minimum absolute atomic E-state index is 0.193.